The molecule has 4 heteroatoms. The molecule has 0 saturated heterocycles. The zero-order valence-electron chi connectivity index (χ0n) is 10.9. The van der Waals surface area contributed by atoms with Crippen LogP contribution >= 0.6 is 0 Å². The van der Waals surface area contributed by atoms with Crippen LogP contribution in [-0.4, -0.2) is 26.9 Å². The molecule has 17 heavy (non-hydrogen) atoms. The minimum atomic E-state index is -0.0177. The summed E-state index contributed by atoms with van der Waals surface area (Å²) in [5.74, 6) is 1.41. The van der Waals surface area contributed by atoms with E-state index in [0.29, 0.717) is 18.1 Å². The largest absolute Gasteiger partial charge is 0.493 e. The van der Waals surface area contributed by atoms with Gasteiger partial charge < -0.3 is 19.9 Å². The lowest BCUT2D eigenvalue weighted by Gasteiger charge is -2.15. The van der Waals surface area contributed by atoms with Gasteiger partial charge in [0.15, 0.2) is 11.5 Å². The molecule has 0 aliphatic carbocycles. The Morgan fingerprint density at radius 1 is 1.18 bits per heavy atom. The molecule has 0 radical (unpaired) electrons. The van der Waals surface area contributed by atoms with Crippen molar-refractivity contribution in [3.8, 4) is 11.5 Å². The Morgan fingerprint density at radius 3 is 2.41 bits per heavy atom. The quantitative estimate of drug-likeness (QED) is 0.826. The number of hydrogen-bond donors (Lipinski definition) is 1. The van der Waals surface area contributed by atoms with Gasteiger partial charge in [0.05, 0.1) is 13.2 Å². The highest BCUT2D eigenvalue weighted by atomic mass is 16.5. The van der Waals surface area contributed by atoms with Crippen LogP contribution in [0.1, 0.15) is 25.5 Å². The fourth-order valence-electron chi connectivity index (χ4n) is 1.36. The Labute approximate surface area is 103 Å². The highest BCUT2D eigenvalue weighted by Crippen LogP contribution is 2.29. The van der Waals surface area contributed by atoms with E-state index in [4.69, 9.17) is 19.9 Å². The molecular weight excluding hydrogens is 218 g/mol. The van der Waals surface area contributed by atoms with Crippen molar-refractivity contribution in [1.29, 1.82) is 0 Å². The Hall–Kier alpha value is -1.26. The van der Waals surface area contributed by atoms with Gasteiger partial charge in [0.25, 0.3) is 0 Å². The van der Waals surface area contributed by atoms with Gasteiger partial charge in [0, 0.05) is 13.2 Å². The van der Waals surface area contributed by atoms with Crippen LogP contribution in [0, 0.1) is 0 Å². The zero-order chi connectivity index (χ0) is 12.8. The van der Waals surface area contributed by atoms with Crippen molar-refractivity contribution < 1.29 is 14.2 Å². The summed E-state index contributed by atoms with van der Waals surface area (Å²) in [4.78, 5) is 0. The van der Waals surface area contributed by atoms with Crippen molar-refractivity contribution in [3.63, 3.8) is 0 Å². The molecule has 0 aliphatic rings. The number of nitrogens with two attached hydrogens (primary N) is 1. The molecule has 0 fully saturated rings. The van der Waals surface area contributed by atoms with Gasteiger partial charge in [-0.2, -0.15) is 0 Å². The predicted octanol–water partition coefficient (Wildman–Crippen LogP) is 2.13. The number of ether oxygens (including phenoxy) is 3. The molecule has 1 aromatic rings. The topological polar surface area (TPSA) is 53.7 Å². The lowest BCUT2D eigenvalue weighted by molar-refractivity contribution is 0.0706. The number of hydrogen-bond acceptors (Lipinski definition) is 4. The summed E-state index contributed by atoms with van der Waals surface area (Å²) in [5, 5.41) is 0. The number of rotatable bonds is 6. The van der Waals surface area contributed by atoms with Crippen molar-refractivity contribution in [2.75, 3.05) is 20.8 Å². The second-order valence-electron chi connectivity index (χ2n) is 4.06. The molecule has 0 aliphatic heterocycles. The second kappa shape index (κ2) is 6.47. The Bertz CT molecular complexity index is 353. The zero-order valence-corrected chi connectivity index (χ0v) is 10.9. The van der Waals surface area contributed by atoms with Crippen LogP contribution in [0.15, 0.2) is 18.2 Å². The summed E-state index contributed by atoms with van der Waals surface area (Å²) in [6, 6.07) is 5.70. The van der Waals surface area contributed by atoms with Gasteiger partial charge in [0.2, 0.25) is 0 Å². The van der Waals surface area contributed by atoms with E-state index in [1.807, 2.05) is 32.0 Å². The summed E-state index contributed by atoms with van der Waals surface area (Å²) in [7, 11) is 3.28. The Balaban J connectivity index is 2.78. The maximum atomic E-state index is 5.81. The SMILES string of the molecule is COc1cc([C@H](C)N)ccc1OCC(C)OC. The van der Waals surface area contributed by atoms with E-state index in [1.54, 1.807) is 14.2 Å². The smallest absolute Gasteiger partial charge is 0.161 e. The van der Waals surface area contributed by atoms with E-state index in [9.17, 15) is 0 Å². The first-order valence-electron chi connectivity index (χ1n) is 5.67. The summed E-state index contributed by atoms with van der Waals surface area (Å²) < 4.78 is 16.0. The van der Waals surface area contributed by atoms with Crippen molar-refractivity contribution in [2.24, 2.45) is 5.73 Å². The van der Waals surface area contributed by atoms with Crippen LogP contribution in [0.25, 0.3) is 0 Å². The maximum absolute atomic E-state index is 5.81. The second-order valence-corrected chi connectivity index (χ2v) is 4.06. The van der Waals surface area contributed by atoms with E-state index < -0.39 is 0 Å². The predicted molar refractivity (Wildman–Crippen MR) is 67.6 cm³/mol. The van der Waals surface area contributed by atoms with Crippen molar-refractivity contribution >= 4 is 0 Å². The summed E-state index contributed by atoms with van der Waals surface area (Å²) >= 11 is 0. The molecular formula is C13H21NO3. The van der Waals surface area contributed by atoms with Gasteiger partial charge in [-0.05, 0) is 31.5 Å². The van der Waals surface area contributed by atoms with E-state index in [2.05, 4.69) is 0 Å². The monoisotopic (exact) mass is 239 g/mol. The molecule has 0 amide bonds. The molecule has 96 valence electrons. The molecule has 1 unspecified atom stereocenters. The molecule has 4 nitrogen and oxygen atoms in total. The third-order valence-electron chi connectivity index (χ3n) is 2.59. The van der Waals surface area contributed by atoms with E-state index in [0.717, 1.165) is 5.56 Å². The van der Waals surface area contributed by atoms with Crippen LogP contribution in [0.4, 0.5) is 0 Å². The van der Waals surface area contributed by atoms with Crippen LogP contribution < -0.4 is 15.2 Å². The Morgan fingerprint density at radius 2 is 1.88 bits per heavy atom. The highest BCUT2D eigenvalue weighted by molar-refractivity contribution is 5.43. The third-order valence-corrected chi connectivity index (χ3v) is 2.59. The minimum absolute atomic E-state index is 0.0177. The molecule has 0 bridgehead atoms. The highest BCUT2D eigenvalue weighted by Gasteiger charge is 2.09. The fraction of sp³-hybridized carbons (Fsp3) is 0.538. The molecule has 0 spiro atoms. The summed E-state index contributed by atoms with van der Waals surface area (Å²) in [6.45, 7) is 4.37. The third kappa shape index (κ3) is 3.91. The molecule has 1 aromatic carbocycles. The fourth-order valence-corrected chi connectivity index (χ4v) is 1.36. The normalized spacial score (nSPS) is 14.2. The molecule has 0 heterocycles. The first-order valence-corrected chi connectivity index (χ1v) is 5.67. The van der Waals surface area contributed by atoms with Gasteiger partial charge in [-0.15, -0.1) is 0 Å². The molecule has 2 atom stereocenters. The number of benzene rings is 1. The lowest BCUT2D eigenvalue weighted by atomic mass is 10.1. The standard InChI is InChI=1S/C13H21NO3/c1-9(15-3)8-17-12-6-5-11(10(2)14)7-13(12)16-4/h5-7,9-10H,8,14H2,1-4H3/t9?,10-/m0/s1. The number of methoxy groups -OCH3 is 2. The van der Waals surface area contributed by atoms with E-state index in [1.165, 1.54) is 0 Å². The molecule has 2 N–H and O–H groups in total. The van der Waals surface area contributed by atoms with E-state index in [-0.39, 0.29) is 12.1 Å². The van der Waals surface area contributed by atoms with Gasteiger partial charge in [-0.1, -0.05) is 6.07 Å². The lowest BCUT2D eigenvalue weighted by Crippen LogP contribution is -2.16. The van der Waals surface area contributed by atoms with Crippen LogP contribution in [0.5, 0.6) is 11.5 Å². The molecule has 0 aromatic heterocycles. The van der Waals surface area contributed by atoms with Gasteiger partial charge in [0.1, 0.15) is 6.61 Å². The first-order chi connectivity index (χ1) is 8.08. The maximum Gasteiger partial charge on any atom is 0.161 e. The van der Waals surface area contributed by atoms with Gasteiger partial charge in [-0.25, -0.2) is 0 Å². The van der Waals surface area contributed by atoms with Crippen LogP contribution in [0.2, 0.25) is 0 Å². The van der Waals surface area contributed by atoms with Crippen molar-refractivity contribution in [3.05, 3.63) is 23.8 Å². The van der Waals surface area contributed by atoms with Crippen LogP contribution in [-0.2, 0) is 4.74 Å². The Kier molecular flexibility index (Phi) is 5.25. The van der Waals surface area contributed by atoms with Crippen molar-refractivity contribution in [2.45, 2.75) is 26.0 Å². The summed E-state index contributed by atoms with van der Waals surface area (Å²) in [5.41, 5.74) is 6.84. The van der Waals surface area contributed by atoms with Crippen molar-refractivity contribution in [1.82, 2.24) is 0 Å². The van der Waals surface area contributed by atoms with E-state index >= 15 is 0 Å². The minimum Gasteiger partial charge on any atom is -0.493 e. The van der Waals surface area contributed by atoms with Crippen LogP contribution in [0.3, 0.4) is 0 Å². The first kappa shape index (κ1) is 13.8. The van der Waals surface area contributed by atoms with Gasteiger partial charge >= 0.3 is 0 Å². The average Bonchev–Trinajstić information content (AvgIpc) is 2.35. The molecule has 1 rings (SSSR count). The molecule has 0 saturated carbocycles. The summed E-state index contributed by atoms with van der Waals surface area (Å²) in [6.07, 6.45) is 0.0489. The average molecular weight is 239 g/mol. The van der Waals surface area contributed by atoms with Gasteiger partial charge in [-0.3, -0.25) is 0 Å².